The number of rotatable bonds is 7. The van der Waals surface area contributed by atoms with E-state index in [0.29, 0.717) is 28.1 Å². The van der Waals surface area contributed by atoms with E-state index in [4.69, 9.17) is 21.3 Å². The summed E-state index contributed by atoms with van der Waals surface area (Å²) in [6.07, 6.45) is 0.0307. The van der Waals surface area contributed by atoms with Crippen LogP contribution < -0.4 is 10.1 Å². The monoisotopic (exact) mass is 479 g/mol. The molecule has 6 nitrogen and oxygen atoms in total. The van der Waals surface area contributed by atoms with Crippen molar-refractivity contribution in [2.45, 2.75) is 18.2 Å². The van der Waals surface area contributed by atoms with E-state index in [1.54, 1.807) is 36.3 Å². The van der Waals surface area contributed by atoms with Crippen molar-refractivity contribution >= 4 is 51.7 Å². The van der Waals surface area contributed by atoms with Gasteiger partial charge in [0.15, 0.2) is 5.17 Å². The molecule has 1 aliphatic rings. The standard InChI is InChI=1S/C25H22ClN3O3S/c1-32-21-12-10-19(11-13-21)28-25-29(16-17-6-3-2-4-7-17)24(31)22(33-25)15-23(30)27-20-9-5-8-18(26)14-20/h2-14,22H,15-16H2,1H3,(H,27,30)/t22-/m1/s1. The first-order chi connectivity index (χ1) is 16.0. The zero-order valence-corrected chi connectivity index (χ0v) is 19.5. The minimum Gasteiger partial charge on any atom is -0.497 e. The van der Waals surface area contributed by atoms with Crippen LogP contribution in [0.25, 0.3) is 0 Å². The fourth-order valence-corrected chi connectivity index (χ4v) is 4.70. The fourth-order valence-electron chi connectivity index (χ4n) is 3.35. The SMILES string of the molecule is COc1ccc(N=C2S[C@H](CC(=O)Nc3cccc(Cl)c3)C(=O)N2Cc2ccccc2)cc1. The third kappa shape index (κ3) is 5.94. The number of carbonyl (C=O) groups is 2. The van der Waals surface area contributed by atoms with Gasteiger partial charge in [0.05, 0.1) is 19.3 Å². The van der Waals surface area contributed by atoms with E-state index in [9.17, 15) is 9.59 Å². The first-order valence-corrected chi connectivity index (χ1v) is 11.6. The van der Waals surface area contributed by atoms with Gasteiger partial charge in [-0.25, -0.2) is 4.99 Å². The Kier molecular flexibility index (Phi) is 7.32. The highest BCUT2D eigenvalue weighted by molar-refractivity contribution is 8.15. The number of methoxy groups -OCH3 is 1. The van der Waals surface area contributed by atoms with Crippen molar-refractivity contribution in [3.05, 3.63) is 89.4 Å². The summed E-state index contributed by atoms with van der Waals surface area (Å²) in [5, 5.41) is 3.34. The van der Waals surface area contributed by atoms with Gasteiger partial charge >= 0.3 is 0 Å². The summed E-state index contributed by atoms with van der Waals surface area (Å²) in [5.41, 5.74) is 2.28. The second kappa shape index (κ2) is 10.6. The van der Waals surface area contributed by atoms with Crippen LogP contribution in [0.2, 0.25) is 5.02 Å². The van der Waals surface area contributed by atoms with Gasteiger partial charge < -0.3 is 10.1 Å². The quantitative estimate of drug-likeness (QED) is 0.485. The molecule has 0 saturated carbocycles. The Hall–Kier alpha value is -3.29. The Bertz CT molecular complexity index is 1170. The largest absolute Gasteiger partial charge is 0.497 e. The maximum Gasteiger partial charge on any atom is 0.242 e. The average Bonchev–Trinajstić information content (AvgIpc) is 3.09. The van der Waals surface area contributed by atoms with Gasteiger partial charge in [0.1, 0.15) is 11.0 Å². The predicted molar refractivity (Wildman–Crippen MR) is 133 cm³/mol. The smallest absolute Gasteiger partial charge is 0.242 e. The number of amidine groups is 1. The summed E-state index contributed by atoms with van der Waals surface area (Å²) in [6, 6.07) is 23.9. The number of nitrogens with zero attached hydrogens (tertiary/aromatic N) is 2. The molecule has 0 radical (unpaired) electrons. The topological polar surface area (TPSA) is 71.0 Å². The van der Waals surface area contributed by atoms with E-state index < -0.39 is 5.25 Å². The molecule has 0 aliphatic carbocycles. The van der Waals surface area contributed by atoms with E-state index in [1.165, 1.54) is 11.8 Å². The minimum absolute atomic E-state index is 0.0307. The number of nitrogens with one attached hydrogen (secondary N) is 1. The molecule has 0 bridgehead atoms. The number of benzene rings is 3. The van der Waals surface area contributed by atoms with Crippen LogP contribution in [0.15, 0.2) is 83.9 Å². The highest BCUT2D eigenvalue weighted by Crippen LogP contribution is 2.33. The molecule has 1 saturated heterocycles. The van der Waals surface area contributed by atoms with Crippen LogP contribution in [0.5, 0.6) is 5.75 Å². The number of anilines is 1. The predicted octanol–water partition coefficient (Wildman–Crippen LogP) is 5.51. The van der Waals surface area contributed by atoms with Crippen LogP contribution >= 0.6 is 23.4 Å². The highest BCUT2D eigenvalue weighted by atomic mass is 35.5. The van der Waals surface area contributed by atoms with Crippen LogP contribution in [0, 0.1) is 0 Å². The molecule has 1 fully saturated rings. The number of hydrogen-bond donors (Lipinski definition) is 1. The van der Waals surface area contributed by atoms with Crippen molar-refractivity contribution in [1.29, 1.82) is 0 Å². The Labute approximate surface area is 201 Å². The molecule has 168 valence electrons. The third-order valence-electron chi connectivity index (χ3n) is 4.98. The van der Waals surface area contributed by atoms with Crippen molar-refractivity contribution < 1.29 is 14.3 Å². The van der Waals surface area contributed by atoms with Gasteiger partial charge in [0.25, 0.3) is 0 Å². The van der Waals surface area contributed by atoms with E-state index in [2.05, 4.69) is 5.32 Å². The number of hydrogen-bond acceptors (Lipinski definition) is 5. The molecule has 1 N–H and O–H groups in total. The summed E-state index contributed by atoms with van der Waals surface area (Å²) in [5.74, 6) is 0.330. The second-order valence-corrected chi connectivity index (χ2v) is 8.98. The Morgan fingerprint density at radius 1 is 1.09 bits per heavy atom. The van der Waals surface area contributed by atoms with E-state index in [0.717, 1.165) is 11.3 Å². The van der Waals surface area contributed by atoms with Crippen molar-refractivity contribution in [3.63, 3.8) is 0 Å². The van der Waals surface area contributed by atoms with Crippen LogP contribution in [0.1, 0.15) is 12.0 Å². The number of thioether (sulfide) groups is 1. The molecule has 0 unspecified atom stereocenters. The summed E-state index contributed by atoms with van der Waals surface area (Å²) >= 11 is 7.29. The summed E-state index contributed by atoms with van der Waals surface area (Å²) in [4.78, 5) is 32.2. The number of carbonyl (C=O) groups excluding carboxylic acids is 2. The number of ether oxygens (including phenoxy) is 1. The molecular formula is C25H22ClN3O3S. The zero-order chi connectivity index (χ0) is 23.2. The molecule has 2 amide bonds. The van der Waals surface area contributed by atoms with Crippen molar-refractivity contribution in [2.75, 3.05) is 12.4 Å². The van der Waals surface area contributed by atoms with E-state index in [1.807, 2.05) is 54.6 Å². The molecule has 4 rings (SSSR count). The van der Waals surface area contributed by atoms with Gasteiger partial charge in [-0.2, -0.15) is 0 Å². The van der Waals surface area contributed by atoms with Crippen molar-refractivity contribution in [1.82, 2.24) is 4.90 Å². The van der Waals surface area contributed by atoms with Crippen molar-refractivity contribution in [2.24, 2.45) is 4.99 Å². The first kappa shape index (κ1) is 22.9. The van der Waals surface area contributed by atoms with Crippen LogP contribution in [-0.4, -0.2) is 34.2 Å². The molecule has 1 atom stereocenters. The van der Waals surface area contributed by atoms with Gasteiger partial charge in [0.2, 0.25) is 11.8 Å². The number of aliphatic imine (C=N–C) groups is 1. The van der Waals surface area contributed by atoms with Crippen LogP contribution in [0.4, 0.5) is 11.4 Å². The lowest BCUT2D eigenvalue weighted by atomic mass is 10.2. The Morgan fingerprint density at radius 2 is 1.85 bits per heavy atom. The molecule has 3 aromatic carbocycles. The fraction of sp³-hybridized carbons (Fsp3) is 0.160. The van der Waals surface area contributed by atoms with Gasteiger partial charge in [-0.3, -0.25) is 14.5 Å². The number of halogens is 1. The molecule has 33 heavy (non-hydrogen) atoms. The molecule has 0 aromatic heterocycles. The molecule has 0 spiro atoms. The van der Waals surface area contributed by atoms with Crippen LogP contribution in [0.3, 0.4) is 0 Å². The summed E-state index contributed by atoms with van der Waals surface area (Å²) < 4.78 is 5.20. The lowest BCUT2D eigenvalue weighted by molar-refractivity contribution is -0.128. The van der Waals surface area contributed by atoms with Gasteiger partial charge in [-0.05, 0) is 48.0 Å². The highest BCUT2D eigenvalue weighted by Gasteiger charge is 2.39. The van der Waals surface area contributed by atoms with Gasteiger partial charge in [-0.15, -0.1) is 0 Å². The number of amides is 2. The minimum atomic E-state index is -0.565. The lowest BCUT2D eigenvalue weighted by Gasteiger charge is -2.16. The summed E-state index contributed by atoms with van der Waals surface area (Å²) in [7, 11) is 1.60. The first-order valence-electron chi connectivity index (χ1n) is 10.3. The van der Waals surface area contributed by atoms with E-state index in [-0.39, 0.29) is 18.2 Å². The lowest BCUT2D eigenvalue weighted by Crippen LogP contribution is -2.33. The zero-order valence-electron chi connectivity index (χ0n) is 17.9. The maximum atomic E-state index is 13.3. The van der Waals surface area contributed by atoms with Gasteiger partial charge in [-0.1, -0.05) is 59.8 Å². The normalized spacial score (nSPS) is 16.8. The average molecular weight is 480 g/mol. The molecular weight excluding hydrogens is 458 g/mol. The molecule has 8 heteroatoms. The third-order valence-corrected chi connectivity index (χ3v) is 6.39. The van der Waals surface area contributed by atoms with Crippen LogP contribution in [-0.2, 0) is 16.1 Å². The second-order valence-electron chi connectivity index (χ2n) is 7.37. The molecule has 3 aromatic rings. The molecule has 1 heterocycles. The van der Waals surface area contributed by atoms with Gasteiger partial charge in [0, 0.05) is 17.1 Å². The maximum absolute atomic E-state index is 13.3. The van der Waals surface area contributed by atoms with Crippen molar-refractivity contribution in [3.8, 4) is 5.75 Å². The summed E-state index contributed by atoms with van der Waals surface area (Å²) in [6.45, 7) is 0.383. The van der Waals surface area contributed by atoms with E-state index >= 15 is 0 Å². The molecule has 1 aliphatic heterocycles. The Morgan fingerprint density at radius 3 is 2.55 bits per heavy atom. The Balaban J connectivity index is 1.54.